The third-order valence-electron chi connectivity index (χ3n) is 2.38. The molecule has 1 unspecified atom stereocenters. The smallest absolute Gasteiger partial charge is 0.0406 e. The molecular formula is C11H12ClN. The van der Waals surface area contributed by atoms with Crippen LogP contribution < -0.4 is 5.73 Å². The molecular weight excluding hydrogens is 182 g/mol. The van der Waals surface area contributed by atoms with E-state index in [-0.39, 0.29) is 6.04 Å². The molecule has 0 radical (unpaired) electrons. The number of allylic oxidation sites excluding steroid dienone is 1. The number of hydrogen-bond donors (Lipinski definition) is 1. The number of hydrogen-bond acceptors (Lipinski definition) is 1. The number of nitrogens with two attached hydrogens (primary N) is 1. The number of rotatable bonds is 1. The molecule has 0 saturated heterocycles. The van der Waals surface area contributed by atoms with Crippen molar-refractivity contribution in [3.05, 3.63) is 40.9 Å². The molecule has 1 nitrogen and oxygen atoms in total. The van der Waals surface area contributed by atoms with Crippen LogP contribution in [0.2, 0.25) is 5.02 Å². The lowest BCUT2D eigenvalue weighted by atomic mass is 10.1. The molecule has 1 aromatic carbocycles. The molecule has 0 aromatic heterocycles. The Balaban J connectivity index is 2.26. The Morgan fingerprint density at radius 2 is 1.92 bits per heavy atom. The van der Waals surface area contributed by atoms with Crippen molar-refractivity contribution in [3.63, 3.8) is 0 Å². The van der Waals surface area contributed by atoms with Gasteiger partial charge in [-0.2, -0.15) is 0 Å². The summed E-state index contributed by atoms with van der Waals surface area (Å²) in [5, 5.41) is 0.784. The fourth-order valence-electron chi connectivity index (χ4n) is 1.65. The molecule has 0 heterocycles. The van der Waals surface area contributed by atoms with Crippen molar-refractivity contribution in [2.75, 3.05) is 0 Å². The van der Waals surface area contributed by atoms with Gasteiger partial charge in [0.1, 0.15) is 0 Å². The predicted octanol–water partition coefficient (Wildman–Crippen LogP) is 2.84. The lowest BCUT2D eigenvalue weighted by molar-refractivity contribution is 0.782. The third-order valence-corrected chi connectivity index (χ3v) is 2.63. The minimum Gasteiger partial charge on any atom is -0.324 e. The van der Waals surface area contributed by atoms with E-state index in [4.69, 9.17) is 17.3 Å². The first-order valence-corrected chi connectivity index (χ1v) is 4.86. The van der Waals surface area contributed by atoms with Gasteiger partial charge in [0.25, 0.3) is 0 Å². The minimum atomic E-state index is 0.241. The molecule has 0 saturated carbocycles. The molecule has 1 atom stereocenters. The molecule has 0 fully saturated rings. The molecule has 1 aliphatic rings. The molecule has 13 heavy (non-hydrogen) atoms. The van der Waals surface area contributed by atoms with Crippen LogP contribution in [-0.4, -0.2) is 6.04 Å². The zero-order valence-electron chi connectivity index (χ0n) is 7.33. The number of halogens is 1. The first kappa shape index (κ1) is 8.79. The van der Waals surface area contributed by atoms with Crippen LogP contribution in [0, 0.1) is 0 Å². The van der Waals surface area contributed by atoms with E-state index >= 15 is 0 Å². The Bertz CT molecular complexity index is 326. The molecule has 2 rings (SSSR count). The van der Waals surface area contributed by atoms with Gasteiger partial charge in [0.05, 0.1) is 0 Å². The second kappa shape index (κ2) is 3.52. The standard InChI is InChI=1S/C11H12ClN/c12-10-4-1-8(2-5-10)9-3-6-11(13)7-9/h1-2,4-5,7,11H,3,6,13H2. The Morgan fingerprint density at radius 3 is 2.46 bits per heavy atom. The summed E-state index contributed by atoms with van der Waals surface area (Å²) >= 11 is 5.80. The van der Waals surface area contributed by atoms with E-state index in [9.17, 15) is 0 Å². The maximum atomic E-state index is 5.80. The molecule has 2 heteroatoms. The zero-order chi connectivity index (χ0) is 9.26. The fraction of sp³-hybridized carbons (Fsp3) is 0.273. The lowest BCUT2D eigenvalue weighted by Gasteiger charge is -2.00. The van der Waals surface area contributed by atoms with Gasteiger partial charge in [-0.25, -0.2) is 0 Å². The van der Waals surface area contributed by atoms with Crippen molar-refractivity contribution in [2.45, 2.75) is 18.9 Å². The van der Waals surface area contributed by atoms with Gasteiger partial charge in [-0.1, -0.05) is 29.8 Å². The third kappa shape index (κ3) is 1.93. The SMILES string of the molecule is NC1C=C(c2ccc(Cl)cc2)CC1. The highest BCUT2D eigenvalue weighted by atomic mass is 35.5. The normalized spacial score (nSPS) is 21.7. The summed E-state index contributed by atoms with van der Waals surface area (Å²) in [5.41, 5.74) is 8.39. The van der Waals surface area contributed by atoms with Crippen LogP contribution in [0.15, 0.2) is 30.3 Å². The Kier molecular flexibility index (Phi) is 2.38. The average molecular weight is 194 g/mol. The van der Waals surface area contributed by atoms with E-state index in [0.717, 1.165) is 17.9 Å². The summed E-state index contributed by atoms with van der Waals surface area (Å²) < 4.78 is 0. The van der Waals surface area contributed by atoms with Gasteiger partial charge in [-0.3, -0.25) is 0 Å². The van der Waals surface area contributed by atoms with E-state index in [1.54, 1.807) is 0 Å². The van der Waals surface area contributed by atoms with Crippen molar-refractivity contribution in [2.24, 2.45) is 5.73 Å². The predicted molar refractivity (Wildman–Crippen MR) is 56.6 cm³/mol. The van der Waals surface area contributed by atoms with Crippen LogP contribution in [0.1, 0.15) is 18.4 Å². The fourth-order valence-corrected chi connectivity index (χ4v) is 1.78. The molecule has 0 spiro atoms. The topological polar surface area (TPSA) is 26.0 Å². The van der Waals surface area contributed by atoms with Gasteiger partial charge in [0, 0.05) is 11.1 Å². The highest BCUT2D eigenvalue weighted by Crippen LogP contribution is 2.27. The molecule has 2 N–H and O–H groups in total. The Morgan fingerprint density at radius 1 is 1.23 bits per heavy atom. The Labute approximate surface area is 83.2 Å². The highest BCUT2D eigenvalue weighted by Gasteiger charge is 2.12. The van der Waals surface area contributed by atoms with Gasteiger partial charge in [-0.05, 0) is 36.1 Å². The second-order valence-electron chi connectivity index (χ2n) is 3.40. The van der Waals surface area contributed by atoms with Crippen LogP contribution in [0.3, 0.4) is 0 Å². The maximum absolute atomic E-state index is 5.80. The van der Waals surface area contributed by atoms with Crippen LogP contribution >= 0.6 is 11.6 Å². The summed E-state index contributed by atoms with van der Waals surface area (Å²) in [4.78, 5) is 0. The van der Waals surface area contributed by atoms with Crippen LogP contribution in [0.5, 0.6) is 0 Å². The first-order valence-electron chi connectivity index (χ1n) is 4.48. The highest BCUT2D eigenvalue weighted by molar-refractivity contribution is 6.30. The van der Waals surface area contributed by atoms with Crippen molar-refractivity contribution in [1.82, 2.24) is 0 Å². The quantitative estimate of drug-likeness (QED) is 0.730. The van der Waals surface area contributed by atoms with Gasteiger partial charge in [0.2, 0.25) is 0 Å². The van der Waals surface area contributed by atoms with Gasteiger partial charge in [-0.15, -0.1) is 0 Å². The monoisotopic (exact) mass is 193 g/mol. The Hall–Kier alpha value is -0.790. The molecule has 1 aromatic rings. The summed E-state index contributed by atoms with van der Waals surface area (Å²) in [7, 11) is 0. The maximum Gasteiger partial charge on any atom is 0.0406 e. The number of benzene rings is 1. The van der Waals surface area contributed by atoms with Crippen LogP contribution in [-0.2, 0) is 0 Å². The van der Waals surface area contributed by atoms with E-state index in [1.807, 2.05) is 24.3 Å². The zero-order valence-corrected chi connectivity index (χ0v) is 8.09. The van der Waals surface area contributed by atoms with Crippen molar-refractivity contribution in [1.29, 1.82) is 0 Å². The average Bonchev–Trinajstić information content (AvgIpc) is 2.53. The molecule has 0 aliphatic heterocycles. The van der Waals surface area contributed by atoms with E-state index in [0.29, 0.717) is 0 Å². The van der Waals surface area contributed by atoms with Crippen LogP contribution in [0.25, 0.3) is 5.57 Å². The first-order chi connectivity index (χ1) is 6.25. The lowest BCUT2D eigenvalue weighted by Crippen LogP contribution is -2.11. The van der Waals surface area contributed by atoms with Crippen molar-refractivity contribution < 1.29 is 0 Å². The molecule has 0 bridgehead atoms. The van der Waals surface area contributed by atoms with Gasteiger partial charge < -0.3 is 5.73 Å². The largest absolute Gasteiger partial charge is 0.324 e. The summed E-state index contributed by atoms with van der Waals surface area (Å²) in [6, 6.07) is 8.17. The van der Waals surface area contributed by atoms with E-state index < -0.39 is 0 Å². The van der Waals surface area contributed by atoms with E-state index in [1.165, 1.54) is 11.1 Å². The summed E-state index contributed by atoms with van der Waals surface area (Å²) in [5.74, 6) is 0. The minimum absolute atomic E-state index is 0.241. The van der Waals surface area contributed by atoms with Gasteiger partial charge in [0.15, 0.2) is 0 Å². The summed E-state index contributed by atoms with van der Waals surface area (Å²) in [6.07, 6.45) is 4.30. The van der Waals surface area contributed by atoms with Crippen molar-refractivity contribution in [3.8, 4) is 0 Å². The van der Waals surface area contributed by atoms with Crippen LogP contribution in [0.4, 0.5) is 0 Å². The van der Waals surface area contributed by atoms with E-state index in [2.05, 4.69) is 6.08 Å². The summed E-state index contributed by atoms with van der Waals surface area (Å²) in [6.45, 7) is 0. The molecule has 68 valence electrons. The van der Waals surface area contributed by atoms with Gasteiger partial charge >= 0.3 is 0 Å². The molecule has 0 amide bonds. The second-order valence-corrected chi connectivity index (χ2v) is 3.84. The van der Waals surface area contributed by atoms with Crippen molar-refractivity contribution >= 4 is 17.2 Å². The molecule has 1 aliphatic carbocycles.